The SMILES string of the molecule is C[C@@H]1OC2=CC(O)CC=C2C(c2ccc(N3CCC(CN4CCN(c5ccc6c(c5)CN(C)C6=O)CC4)CC3)c(F)c2)C1c1ccccc1. The number of hydrogen-bond acceptors (Lipinski definition) is 6. The predicted molar refractivity (Wildman–Crippen MR) is 191 cm³/mol. The highest BCUT2D eigenvalue weighted by molar-refractivity contribution is 5.98. The van der Waals surface area contributed by atoms with E-state index < -0.39 is 6.10 Å². The minimum atomic E-state index is -0.557. The Labute approximate surface area is 289 Å². The van der Waals surface area contributed by atoms with E-state index in [1.54, 1.807) is 11.0 Å². The van der Waals surface area contributed by atoms with Gasteiger partial charge in [0.15, 0.2) is 0 Å². The molecule has 256 valence electrons. The van der Waals surface area contributed by atoms with Crippen molar-refractivity contribution in [3.8, 4) is 0 Å². The summed E-state index contributed by atoms with van der Waals surface area (Å²) in [6.45, 7) is 9.64. The van der Waals surface area contributed by atoms with Crippen LogP contribution in [0.5, 0.6) is 0 Å². The normalized spacial score (nSPS) is 26.2. The van der Waals surface area contributed by atoms with Gasteiger partial charge in [0.1, 0.15) is 17.7 Å². The number of piperidine rings is 1. The van der Waals surface area contributed by atoms with Gasteiger partial charge in [0.25, 0.3) is 5.91 Å². The molecule has 8 heteroatoms. The van der Waals surface area contributed by atoms with Gasteiger partial charge < -0.3 is 24.5 Å². The molecule has 0 radical (unpaired) electrons. The molecule has 3 aromatic rings. The van der Waals surface area contributed by atoms with Crippen LogP contribution in [-0.2, 0) is 11.3 Å². The van der Waals surface area contributed by atoms with Gasteiger partial charge in [0.2, 0.25) is 0 Å². The molecule has 3 unspecified atom stereocenters. The second-order valence-corrected chi connectivity index (χ2v) is 14.7. The third kappa shape index (κ3) is 6.25. The fourth-order valence-electron chi connectivity index (χ4n) is 8.87. The molecule has 4 heterocycles. The van der Waals surface area contributed by atoms with Crippen molar-refractivity contribution in [2.24, 2.45) is 5.92 Å². The number of piperazine rings is 1. The van der Waals surface area contributed by atoms with Gasteiger partial charge >= 0.3 is 0 Å². The Hall–Kier alpha value is -4.14. The number of allylic oxidation sites excluding steroid dienone is 1. The minimum Gasteiger partial charge on any atom is -0.490 e. The maximum atomic E-state index is 16.1. The van der Waals surface area contributed by atoms with Crippen LogP contribution in [0.2, 0.25) is 0 Å². The highest BCUT2D eigenvalue weighted by Gasteiger charge is 2.41. The zero-order valence-electron chi connectivity index (χ0n) is 28.6. The lowest BCUT2D eigenvalue weighted by molar-refractivity contribution is 0.0737. The Balaban J connectivity index is 0.897. The number of halogens is 1. The summed E-state index contributed by atoms with van der Waals surface area (Å²) in [5.74, 6) is 1.26. The highest BCUT2D eigenvalue weighted by atomic mass is 19.1. The molecular formula is C41H47FN4O3. The summed E-state index contributed by atoms with van der Waals surface area (Å²) in [6.07, 6.45) is 5.87. The number of carbonyl (C=O) groups excluding carboxylic acids is 1. The average molecular weight is 663 g/mol. The number of aliphatic hydroxyl groups excluding tert-OH is 1. The van der Waals surface area contributed by atoms with Crippen LogP contribution >= 0.6 is 0 Å². The standard InChI is InChI=1S/C41H47FN4O3/c1-27-39(29-6-4-3-5-7-29)40(35-12-10-33(47)24-38(35)49-27)30-8-13-37(36(42)23-30)46-16-14-28(15-17-46)25-44-18-20-45(21-19-44)32-9-11-34-31(22-32)26-43(2)41(34)48/h3-9,11-13,22-24,27-28,33,39-40,47H,10,14-21,25-26H2,1-2H3/t27-,33?,39?,40?/m0/s1. The number of benzene rings is 3. The number of rotatable bonds is 6. The predicted octanol–water partition coefficient (Wildman–Crippen LogP) is 6.31. The van der Waals surface area contributed by atoms with Gasteiger partial charge in [-0.15, -0.1) is 0 Å². The van der Waals surface area contributed by atoms with Gasteiger partial charge in [-0.25, -0.2) is 4.39 Å². The molecule has 4 aliphatic heterocycles. The molecule has 7 nitrogen and oxygen atoms in total. The number of anilines is 2. The smallest absolute Gasteiger partial charge is 0.254 e. The van der Waals surface area contributed by atoms with Crippen molar-refractivity contribution >= 4 is 17.3 Å². The molecule has 0 saturated carbocycles. The molecule has 1 amide bonds. The molecular weight excluding hydrogens is 615 g/mol. The number of aliphatic hydroxyl groups is 1. The van der Waals surface area contributed by atoms with E-state index in [9.17, 15) is 9.90 Å². The van der Waals surface area contributed by atoms with Crippen molar-refractivity contribution in [2.75, 3.05) is 62.7 Å². The third-order valence-electron chi connectivity index (χ3n) is 11.5. The molecule has 5 aliphatic rings. The van der Waals surface area contributed by atoms with Crippen LogP contribution in [0.4, 0.5) is 15.8 Å². The second kappa shape index (κ2) is 13.3. The molecule has 3 aromatic carbocycles. The first kappa shape index (κ1) is 32.1. The van der Waals surface area contributed by atoms with Crippen molar-refractivity contribution in [3.63, 3.8) is 0 Å². The van der Waals surface area contributed by atoms with Crippen molar-refractivity contribution in [1.29, 1.82) is 0 Å². The van der Waals surface area contributed by atoms with Crippen molar-refractivity contribution in [2.45, 2.75) is 56.8 Å². The molecule has 0 bridgehead atoms. The topological polar surface area (TPSA) is 59.5 Å². The van der Waals surface area contributed by atoms with Gasteiger partial charge in [-0.3, -0.25) is 9.69 Å². The largest absolute Gasteiger partial charge is 0.490 e. The number of hydrogen-bond donors (Lipinski definition) is 1. The molecule has 8 rings (SSSR count). The highest BCUT2D eigenvalue weighted by Crippen LogP contribution is 2.50. The first-order valence-corrected chi connectivity index (χ1v) is 18.0. The number of nitrogens with zero attached hydrogens (tertiary/aromatic N) is 4. The number of ether oxygens (including phenoxy) is 1. The van der Waals surface area contributed by atoms with E-state index in [-0.39, 0.29) is 29.7 Å². The fourth-order valence-corrected chi connectivity index (χ4v) is 8.87. The molecule has 4 atom stereocenters. The first-order valence-electron chi connectivity index (χ1n) is 18.0. The molecule has 3 saturated heterocycles. The first-order chi connectivity index (χ1) is 23.8. The van der Waals surface area contributed by atoms with Gasteiger partial charge in [0.05, 0.1) is 11.8 Å². The van der Waals surface area contributed by atoms with E-state index in [2.05, 4.69) is 70.2 Å². The van der Waals surface area contributed by atoms with E-state index >= 15 is 4.39 Å². The van der Waals surface area contributed by atoms with E-state index in [1.165, 1.54) is 11.3 Å². The molecule has 49 heavy (non-hydrogen) atoms. The van der Waals surface area contributed by atoms with Crippen LogP contribution in [0.15, 0.2) is 90.2 Å². The van der Waals surface area contributed by atoms with E-state index in [0.29, 0.717) is 24.6 Å². The van der Waals surface area contributed by atoms with Crippen LogP contribution in [0.25, 0.3) is 0 Å². The summed E-state index contributed by atoms with van der Waals surface area (Å²) >= 11 is 0. The third-order valence-corrected chi connectivity index (χ3v) is 11.5. The lowest BCUT2D eigenvalue weighted by Crippen LogP contribution is -2.49. The van der Waals surface area contributed by atoms with Gasteiger partial charge in [-0.05, 0) is 90.8 Å². The fraction of sp³-hybridized carbons (Fsp3) is 0.439. The van der Waals surface area contributed by atoms with Crippen molar-refractivity contribution in [3.05, 3.63) is 118 Å². The van der Waals surface area contributed by atoms with E-state index in [1.807, 2.05) is 31.3 Å². The molecule has 3 fully saturated rings. The number of amides is 1. The zero-order valence-corrected chi connectivity index (χ0v) is 28.6. The van der Waals surface area contributed by atoms with Crippen LogP contribution in [-0.4, -0.2) is 85.9 Å². The summed E-state index contributed by atoms with van der Waals surface area (Å²) in [5.41, 5.74) is 7.05. The molecule has 0 spiro atoms. The van der Waals surface area contributed by atoms with Gasteiger partial charge in [-0.1, -0.05) is 42.5 Å². The van der Waals surface area contributed by atoms with Crippen LogP contribution in [0, 0.1) is 11.7 Å². The van der Waals surface area contributed by atoms with E-state index in [0.717, 1.165) is 86.7 Å². The molecule has 0 aromatic heterocycles. The Morgan fingerprint density at radius 2 is 1.67 bits per heavy atom. The summed E-state index contributed by atoms with van der Waals surface area (Å²) in [4.78, 5) is 21.3. The Morgan fingerprint density at radius 1 is 0.898 bits per heavy atom. The molecule has 1 aliphatic carbocycles. The van der Waals surface area contributed by atoms with Gasteiger partial charge in [-0.2, -0.15) is 0 Å². The second-order valence-electron chi connectivity index (χ2n) is 14.7. The van der Waals surface area contributed by atoms with Crippen molar-refractivity contribution < 1.29 is 19.0 Å². The summed E-state index contributed by atoms with van der Waals surface area (Å²) < 4.78 is 22.4. The number of carbonyl (C=O) groups is 1. The van der Waals surface area contributed by atoms with Gasteiger partial charge in [0, 0.05) is 82.5 Å². The van der Waals surface area contributed by atoms with Crippen molar-refractivity contribution in [1.82, 2.24) is 9.80 Å². The summed E-state index contributed by atoms with van der Waals surface area (Å²) in [7, 11) is 1.86. The zero-order chi connectivity index (χ0) is 33.6. The Morgan fingerprint density at radius 3 is 2.43 bits per heavy atom. The van der Waals surface area contributed by atoms with Crippen LogP contribution < -0.4 is 9.80 Å². The van der Waals surface area contributed by atoms with Crippen LogP contribution in [0.1, 0.15) is 65.1 Å². The lowest BCUT2D eigenvalue weighted by atomic mass is 9.71. The lowest BCUT2D eigenvalue weighted by Gasteiger charge is -2.42. The summed E-state index contributed by atoms with van der Waals surface area (Å²) in [5, 5.41) is 10.3. The molecule has 1 N–H and O–H groups in total. The monoisotopic (exact) mass is 662 g/mol. The summed E-state index contributed by atoms with van der Waals surface area (Å²) in [6, 6.07) is 22.5. The quantitative estimate of drug-likeness (QED) is 0.334. The Bertz CT molecular complexity index is 1760. The maximum Gasteiger partial charge on any atom is 0.254 e. The number of fused-ring (bicyclic) bond motifs is 2. The van der Waals surface area contributed by atoms with E-state index in [4.69, 9.17) is 4.74 Å². The average Bonchev–Trinajstić information content (AvgIpc) is 3.40. The maximum absolute atomic E-state index is 16.1. The minimum absolute atomic E-state index is 0.0313. The van der Waals surface area contributed by atoms with Crippen LogP contribution in [0.3, 0.4) is 0 Å². The Kier molecular flexibility index (Phi) is 8.70.